The molecule has 0 rings (SSSR count). The molecule has 0 aliphatic heterocycles. The van der Waals surface area contributed by atoms with Crippen molar-refractivity contribution in [3.05, 3.63) is 0 Å². The molecule has 90 valence electrons. The second-order valence-corrected chi connectivity index (χ2v) is 5.62. The zero-order chi connectivity index (χ0) is 12.1. The monoisotopic (exact) mass is 237 g/mol. The molecular weight excluding hydrogens is 218 g/mol. The van der Waals surface area contributed by atoms with E-state index in [0.29, 0.717) is 6.42 Å². The molecule has 0 amide bonds. The van der Waals surface area contributed by atoms with E-state index in [4.69, 9.17) is 10.9 Å². The third-order valence-corrected chi connectivity index (χ3v) is 4.32. The number of nitrogens with two attached hydrogens (primary N) is 1. The summed E-state index contributed by atoms with van der Waals surface area (Å²) in [4.78, 5) is 0. The van der Waals surface area contributed by atoms with Gasteiger partial charge in [-0.05, 0) is 13.3 Å². The van der Waals surface area contributed by atoms with Gasteiger partial charge in [-0.3, -0.25) is 0 Å². The molecular formula is C8H19N3O3S. The molecule has 0 spiro atoms. The van der Waals surface area contributed by atoms with Crippen molar-refractivity contribution in [1.82, 2.24) is 4.31 Å². The van der Waals surface area contributed by atoms with Gasteiger partial charge in [0.25, 0.3) is 0 Å². The van der Waals surface area contributed by atoms with Gasteiger partial charge >= 0.3 is 0 Å². The summed E-state index contributed by atoms with van der Waals surface area (Å²) in [7, 11) is -1.72. The molecule has 6 nitrogen and oxygen atoms in total. The van der Waals surface area contributed by atoms with E-state index < -0.39 is 10.0 Å². The van der Waals surface area contributed by atoms with Gasteiger partial charge in [0, 0.05) is 19.5 Å². The number of sulfonamides is 1. The van der Waals surface area contributed by atoms with Crippen LogP contribution in [0.4, 0.5) is 0 Å². The summed E-state index contributed by atoms with van der Waals surface area (Å²) in [6, 6.07) is -0.308. The highest BCUT2D eigenvalue weighted by Gasteiger charge is 2.22. The summed E-state index contributed by atoms with van der Waals surface area (Å²) in [6.45, 7) is 3.52. The van der Waals surface area contributed by atoms with Crippen LogP contribution < -0.4 is 5.73 Å². The van der Waals surface area contributed by atoms with Crippen LogP contribution in [0.3, 0.4) is 0 Å². The summed E-state index contributed by atoms with van der Waals surface area (Å²) >= 11 is 0. The predicted octanol–water partition coefficient (Wildman–Crippen LogP) is 0.183. The van der Waals surface area contributed by atoms with Crippen molar-refractivity contribution in [1.29, 1.82) is 0 Å². The van der Waals surface area contributed by atoms with Crippen LogP contribution in [-0.2, 0) is 10.0 Å². The van der Waals surface area contributed by atoms with E-state index in [-0.39, 0.29) is 24.1 Å². The van der Waals surface area contributed by atoms with Crippen LogP contribution >= 0.6 is 0 Å². The second kappa shape index (κ2) is 5.92. The maximum atomic E-state index is 11.6. The molecule has 0 radical (unpaired) electrons. The molecule has 1 unspecified atom stereocenters. The van der Waals surface area contributed by atoms with Gasteiger partial charge in [0.15, 0.2) is 0 Å². The lowest BCUT2D eigenvalue weighted by molar-refractivity contribution is 0.313. The SMILES string of the molecule is CCCS(=O)(=O)N(C)C(C)CC(N)=NO. The lowest BCUT2D eigenvalue weighted by Crippen LogP contribution is -2.38. The van der Waals surface area contributed by atoms with Crippen LogP contribution in [0.2, 0.25) is 0 Å². The van der Waals surface area contributed by atoms with Crippen LogP contribution in [0.1, 0.15) is 26.7 Å². The Balaban J connectivity index is 4.51. The van der Waals surface area contributed by atoms with Crippen LogP contribution in [0.25, 0.3) is 0 Å². The molecule has 1 atom stereocenters. The van der Waals surface area contributed by atoms with Gasteiger partial charge in [-0.25, -0.2) is 12.7 Å². The standard InChI is InChI=1S/C8H19N3O3S/c1-4-5-15(13,14)11(3)7(2)6-8(9)10-12/h7,12H,4-6H2,1-3H3,(H2,9,10). The number of hydrogen-bond donors (Lipinski definition) is 2. The first kappa shape index (κ1) is 14.2. The summed E-state index contributed by atoms with van der Waals surface area (Å²) in [5, 5.41) is 11.2. The summed E-state index contributed by atoms with van der Waals surface area (Å²) in [5.41, 5.74) is 5.31. The maximum Gasteiger partial charge on any atom is 0.214 e. The van der Waals surface area contributed by atoms with E-state index in [9.17, 15) is 8.42 Å². The van der Waals surface area contributed by atoms with Crippen LogP contribution in [-0.4, -0.2) is 42.6 Å². The lowest BCUT2D eigenvalue weighted by Gasteiger charge is -2.23. The Labute approximate surface area is 90.8 Å². The summed E-state index contributed by atoms with van der Waals surface area (Å²) < 4.78 is 24.5. The van der Waals surface area contributed by atoms with Crippen molar-refractivity contribution in [2.45, 2.75) is 32.7 Å². The van der Waals surface area contributed by atoms with E-state index in [0.717, 1.165) is 0 Å². The second-order valence-electron chi connectivity index (χ2n) is 3.48. The first-order chi connectivity index (χ1) is 6.85. The molecule has 3 N–H and O–H groups in total. The quantitative estimate of drug-likeness (QED) is 0.298. The zero-order valence-corrected chi connectivity index (χ0v) is 10.2. The van der Waals surface area contributed by atoms with E-state index in [1.807, 2.05) is 0 Å². The molecule has 0 heterocycles. The minimum Gasteiger partial charge on any atom is -0.409 e. The van der Waals surface area contributed by atoms with Crippen molar-refractivity contribution in [2.75, 3.05) is 12.8 Å². The number of hydrogen-bond acceptors (Lipinski definition) is 4. The van der Waals surface area contributed by atoms with Gasteiger partial charge in [-0.1, -0.05) is 12.1 Å². The molecule has 0 aliphatic carbocycles. The number of nitrogens with zero attached hydrogens (tertiary/aromatic N) is 2. The van der Waals surface area contributed by atoms with Crippen molar-refractivity contribution < 1.29 is 13.6 Å². The topological polar surface area (TPSA) is 96.0 Å². The first-order valence-electron chi connectivity index (χ1n) is 4.77. The Morgan fingerprint density at radius 2 is 2.13 bits per heavy atom. The molecule has 7 heteroatoms. The van der Waals surface area contributed by atoms with Crippen LogP contribution in [0, 0.1) is 0 Å². The smallest absolute Gasteiger partial charge is 0.214 e. The van der Waals surface area contributed by atoms with Crippen molar-refractivity contribution in [3.63, 3.8) is 0 Å². The molecule has 15 heavy (non-hydrogen) atoms. The predicted molar refractivity (Wildman–Crippen MR) is 59.3 cm³/mol. The highest BCUT2D eigenvalue weighted by molar-refractivity contribution is 7.89. The van der Waals surface area contributed by atoms with E-state index in [1.54, 1.807) is 13.8 Å². The third kappa shape index (κ3) is 4.48. The Hall–Kier alpha value is -0.820. The Bertz CT molecular complexity index is 313. The number of amidine groups is 1. The van der Waals surface area contributed by atoms with Crippen LogP contribution in [0.15, 0.2) is 5.16 Å². The Morgan fingerprint density at radius 3 is 2.53 bits per heavy atom. The van der Waals surface area contributed by atoms with Gasteiger partial charge in [0.1, 0.15) is 5.84 Å². The van der Waals surface area contributed by atoms with Crippen molar-refractivity contribution in [3.8, 4) is 0 Å². The van der Waals surface area contributed by atoms with Crippen molar-refractivity contribution >= 4 is 15.9 Å². The fraction of sp³-hybridized carbons (Fsp3) is 0.875. The average molecular weight is 237 g/mol. The van der Waals surface area contributed by atoms with E-state index >= 15 is 0 Å². The molecule has 0 aliphatic rings. The minimum absolute atomic E-state index is 0.0287. The largest absolute Gasteiger partial charge is 0.409 e. The molecule has 0 bridgehead atoms. The third-order valence-electron chi connectivity index (χ3n) is 2.15. The maximum absolute atomic E-state index is 11.6. The fourth-order valence-electron chi connectivity index (χ4n) is 1.15. The highest BCUT2D eigenvalue weighted by atomic mass is 32.2. The summed E-state index contributed by atoms with van der Waals surface area (Å²) in [6.07, 6.45) is 0.791. The molecule has 0 saturated heterocycles. The Kier molecular flexibility index (Phi) is 5.59. The first-order valence-corrected chi connectivity index (χ1v) is 6.38. The lowest BCUT2D eigenvalue weighted by atomic mass is 10.2. The van der Waals surface area contributed by atoms with E-state index in [2.05, 4.69) is 5.16 Å². The molecule has 0 fully saturated rings. The summed E-state index contributed by atoms with van der Waals surface area (Å²) in [5.74, 6) is 0.144. The molecule has 0 aromatic carbocycles. The zero-order valence-electron chi connectivity index (χ0n) is 9.34. The van der Waals surface area contributed by atoms with Gasteiger partial charge in [0.2, 0.25) is 10.0 Å². The fourth-order valence-corrected chi connectivity index (χ4v) is 2.57. The van der Waals surface area contributed by atoms with Gasteiger partial charge in [-0.2, -0.15) is 0 Å². The highest BCUT2D eigenvalue weighted by Crippen LogP contribution is 2.08. The van der Waals surface area contributed by atoms with E-state index in [1.165, 1.54) is 11.4 Å². The normalized spacial score (nSPS) is 15.6. The van der Waals surface area contributed by atoms with Crippen molar-refractivity contribution in [2.24, 2.45) is 10.9 Å². The average Bonchev–Trinajstić information content (AvgIpc) is 2.16. The van der Waals surface area contributed by atoms with Crippen LogP contribution in [0.5, 0.6) is 0 Å². The van der Waals surface area contributed by atoms with Gasteiger partial charge < -0.3 is 10.9 Å². The molecule has 0 saturated carbocycles. The Morgan fingerprint density at radius 1 is 1.60 bits per heavy atom. The molecule has 0 aromatic rings. The number of rotatable bonds is 6. The van der Waals surface area contributed by atoms with Gasteiger partial charge in [-0.15, -0.1) is 0 Å². The molecule has 0 aromatic heterocycles. The number of oxime groups is 1. The minimum atomic E-state index is -3.22. The van der Waals surface area contributed by atoms with Gasteiger partial charge in [0.05, 0.1) is 5.75 Å².